The Morgan fingerprint density at radius 3 is 2.75 bits per heavy atom. The van der Waals surface area contributed by atoms with Crippen LogP contribution in [-0.4, -0.2) is 66.1 Å². The van der Waals surface area contributed by atoms with Crippen molar-refractivity contribution in [3.63, 3.8) is 0 Å². The van der Waals surface area contributed by atoms with Gasteiger partial charge in [-0.3, -0.25) is 9.59 Å². The molecule has 0 atom stereocenters. The van der Waals surface area contributed by atoms with Gasteiger partial charge in [-0.2, -0.15) is 10.2 Å². The van der Waals surface area contributed by atoms with Gasteiger partial charge in [0.2, 0.25) is 17.5 Å². The number of piperazine rings is 1. The van der Waals surface area contributed by atoms with Crippen LogP contribution in [-0.2, 0) is 14.3 Å². The SMILES string of the molecule is CCOC(=O)CSCC(=O)N1CCN(c2oc(-c3ccco3)nc2C#N)CC1. The predicted octanol–water partition coefficient (Wildman–Crippen LogP) is 1.75. The average Bonchev–Trinajstić information content (AvgIpc) is 3.37. The highest BCUT2D eigenvalue weighted by atomic mass is 32.2. The first-order chi connectivity index (χ1) is 13.6. The molecule has 1 amide bonds. The Balaban J connectivity index is 1.53. The van der Waals surface area contributed by atoms with Crippen molar-refractivity contribution in [2.45, 2.75) is 6.92 Å². The number of oxazole rings is 1. The van der Waals surface area contributed by atoms with Crippen molar-refractivity contribution in [2.24, 2.45) is 0 Å². The van der Waals surface area contributed by atoms with E-state index in [2.05, 4.69) is 4.98 Å². The Hall–Kier alpha value is -2.93. The molecular weight excluding hydrogens is 384 g/mol. The molecule has 2 aromatic rings. The Labute approximate surface area is 166 Å². The largest absolute Gasteiger partial charge is 0.465 e. The molecule has 0 radical (unpaired) electrons. The first-order valence-electron chi connectivity index (χ1n) is 8.83. The molecule has 9 nitrogen and oxygen atoms in total. The standard InChI is InChI=1S/C18H20N4O5S/c1-2-25-16(24)12-28-11-15(23)21-5-7-22(8-6-21)18-13(10-19)20-17(27-18)14-4-3-9-26-14/h3-4,9H,2,5-8,11-12H2,1H3. The highest BCUT2D eigenvalue weighted by molar-refractivity contribution is 8.00. The average molecular weight is 404 g/mol. The lowest BCUT2D eigenvalue weighted by Crippen LogP contribution is -2.49. The smallest absolute Gasteiger partial charge is 0.315 e. The van der Waals surface area contributed by atoms with Gasteiger partial charge in [-0.05, 0) is 19.1 Å². The number of aromatic nitrogens is 1. The monoisotopic (exact) mass is 404 g/mol. The molecule has 2 aromatic heterocycles. The Morgan fingerprint density at radius 2 is 2.11 bits per heavy atom. The summed E-state index contributed by atoms with van der Waals surface area (Å²) in [4.78, 5) is 31.4. The van der Waals surface area contributed by atoms with Crippen LogP contribution in [0.5, 0.6) is 0 Å². The molecule has 0 aliphatic carbocycles. The molecule has 1 saturated heterocycles. The Bertz CT molecular complexity index is 850. The first-order valence-corrected chi connectivity index (χ1v) is 9.98. The maximum Gasteiger partial charge on any atom is 0.315 e. The highest BCUT2D eigenvalue weighted by Crippen LogP contribution is 2.29. The third-order valence-electron chi connectivity index (χ3n) is 4.12. The van der Waals surface area contributed by atoms with E-state index in [1.807, 2.05) is 11.0 Å². The first kappa shape index (κ1) is 19.8. The third-order valence-corrected chi connectivity index (χ3v) is 5.01. The molecule has 3 heterocycles. The number of thioether (sulfide) groups is 1. The molecule has 3 rings (SSSR count). The molecule has 28 heavy (non-hydrogen) atoms. The number of esters is 1. The van der Waals surface area contributed by atoms with Crippen molar-refractivity contribution >= 4 is 29.5 Å². The molecule has 1 fully saturated rings. The number of carbonyl (C=O) groups is 2. The molecule has 1 aliphatic rings. The maximum absolute atomic E-state index is 12.3. The van der Waals surface area contributed by atoms with Gasteiger partial charge in [0, 0.05) is 26.2 Å². The van der Waals surface area contributed by atoms with Crippen molar-refractivity contribution in [2.75, 3.05) is 49.2 Å². The number of nitriles is 1. The summed E-state index contributed by atoms with van der Waals surface area (Å²) in [7, 11) is 0. The van der Waals surface area contributed by atoms with Gasteiger partial charge in [0.05, 0.1) is 24.4 Å². The van der Waals surface area contributed by atoms with Crippen LogP contribution in [0.25, 0.3) is 11.7 Å². The van der Waals surface area contributed by atoms with E-state index in [9.17, 15) is 14.9 Å². The Morgan fingerprint density at radius 1 is 1.32 bits per heavy atom. The number of amides is 1. The van der Waals surface area contributed by atoms with E-state index in [1.54, 1.807) is 24.0 Å². The molecule has 0 saturated carbocycles. The normalized spacial score (nSPS) is 14.0. The molecule has 0 aromatic carbocycles. The lowest BCUT2D eigenvalue weighted by atomic mass is 10.3. The summed E-state index contributed by atoms with van der Waals surface area (Å²) in [6.45, 7) is 4.13. The van der Waals surface area contributed by atoms with Crippen LogP contribution < -0.4 is 4.90 Å². The molecule has 0 spiro atoms. The summed E-state index contributed by atoms with van der Waals surface area (Å²) in [5, 5.41) is 9.35. The second kappa shape index (κ2) is 9.32. The zero-order chi connectivity index (χ0) is 19.9. The van der Waals surface area contributed by atoms with E-state index >= 15 is 0 Å². The van der Waals surface area contributed by atoms with Crippen molar-refractivity contribution in [3.05, 3.63) is 24.1 Å². The fourth-order valence-corrected chi connectivity index (χ4v) is 3.49. The Kier molecular flexibility index (Phi) is 6.60. The van der Waals surface area contributed by atoms with Crippen LogP contribution in [0.2, 0.25) is 0 Å². The molecule has 0 N–H and O–H groups in total. The second-order valence-electron chi connectivity index (χ2n) is 5.93. The number of ether oxygens (including phenoxy) is 1. The van der Waals surface area contributed by atoms with E-state index in [0.717, 1.165) is 0 Å². The summed E-state index contributed by atoms with van der Waals surface area (Å²) in [5.74, 6) is 1.15. The maximum atomic E-state index is 12.3. The van der Waals surface area contributed by atoms with Gasteiger partial charge in [0.1, 0.15) is 6.07 Å². The molecular formula is C18H20N4O5S. The summed E-state index contributed by atoms with van der Waals surface area (Å²) in [6, 6.07) is 5.47. The quantitative estimate of drug-likeness (QED) is 0.637. The van der Waals surface area contributed by atoms with Gasteiger partial charge >= 0.3 is 5.97 Å². The summed E-state index contributed by atoms with van der Waals surface area (Å²) in [5.41, 5.74) is 0.191. The van der Waals surface area contributed by atoms with Crippen molar-refractivity contribution < 1.29 is 23.2 Å². The van der Waals surface area contributed by atoms with Crippen LogP contribution in [0.3, 0.4) is 0 Å². The summed E-state index contributed by atoms with van der Waals surface area (Å²) >= 11 is 1.25. The highest BCUT2D eigenvalue weighted by Gasteiger charge is 2.27. The number of nitrogens with zero attached hydrogens (tertiary/aromatic N) is 4. The van der Waals surface area contributed by atoms with Crippen LogP contribution >= 0.6 is 11.8 Å². The van der Waals surface area contributed by atoms with E-state index in [1.165, 1.54) is 18.0 Å². The number of furan rings is 1. The van der Waals surface area contributed by atoms with Gasteiger partial charge in [0.25, 0.3) is 5.89 Å². The van der Waals surface area contributed by atoms with Gasteiger partial charge in [-0.15, -0.1) is 11.8 Å². The lowest BCUT2D eigenvalue weighted by Gasteiger charge is -2.34. The second-order valence-corrected chi connectivity index (χ2v) is 6.91. The third kappa shape index (κ3) is 4.67. The van der Waals surface area contributed by atoms with Gasteiger partial charge in [0.15, 0.2) is 5.76 Å². The van der Waals surface area contributed by atoms with E-state index < -0.39 is 0 Å². The fraction of sp³-hybridized carbons (Fsp3) is 0.444. The molecule has 10 heteroatoms. The summed E-state index contributed by atoms with van der Waals surface area (Å²) in [6.07, 6.45) is 1.51. The number of carbonyl (C=O) groups excluding carboxylic acids is 2. The molecule has 148 valence electrons. The zero-order valence-corrected chi connectivity index (χ0v) is 16.2. The van der Waals surface area contributed by atoms with Gasteiger partial charge in [-0.1, -0.05) is 0 Å². The van der Waals surface area contributed by atoms with Crippen molar-refractivity contribution in [1.29, 1.82) is 5.26 Å². The number of hydrogen-bond acceptors (Lipinski definition) is 9. The zero-order valence-electron chi connectivity index (χ0n) is 15.4. The van der Waals surface area contributed by atoms with Crippen LogP contribution in [0.4, 0.5) is 5.88 Å². The van der Waals surface area contributed by atoms with Gasteiger partial charge < -0.3 is 23.4 Å². The van der Waals surface area contributed by atoms with E-state index in [-0.39, 0.29) is 35.0 Å². The molecule has 0 unspecified atom stereocenters. The van der Waals surface area contributed by atoms with Crippen LogP contribution in [0.1, 0.15) is 12.6 Å². The van der Waals surface area contributed by atoms with Crippen molar-refractivity contribution in [3.8, 4) is 17.7 Å². The minimum atomic E-state index is -0.313. The van der Waals surface area contributed by atoms with Crippen LogP contribution in [0.15, 0.2) is 27.2 Å². The molecule has 0 bridgehead atoms. The fourth-order valence-electron chi connectivity index (χ4n) is 2.78. The van der Waals surface area contributed by atoms with Crippen molar-refractivity contribution in [1.82, 2.24) is 9.88 Å². The van der Waals surface area contributed by atoms with E-state index in [4.69, 9.17) is 13.6 Å². The number of anilines is 1. The number of rotatable bonds is 7. The predicted molar refractivity (Wildman–Crippen MR) is 102 cm³/mol. The minimum Gasteiger partial charge on any atom is -0.465 e. The van der Waals surface area contributed by atoms with E-state index in [0.29, 0.717) is 44.4 Å². The molecule has 1 aliphatic heterocycles. The van der Waals surface area contributed by atoms with Crippen LogP contribution in [0, 0.1) is 11.3 Å². The summed E-state index contributed by atoms with van der Waals surface area (Å²) < 4.78 is 15.8. The number of hydrogen-bond donors (Lipinski definition) is 0. The lowest BCUT2D eigenvalue weighted by molar-refractivity contribution is -0.139. The topological polar surface area (TPSA) is 113 Å². The van der Waals surface area contributed by atoms with Gasteiger partial charge in [-0.25, -0.2) is 0 Å². The minimum absolute atomic E-state index is 0.0247.